The fraction of sp³-hybridized carbons (Fsp3) is 0.750. The van der Waals surface area contributed by atoms with Gasteiger partial charge in [0.1, 0.15) is 0 Å². The van der Waals surface area contributed by atoms with Crippen LogP contribution in [-0.4, -0.2) is 38.3 Å². The number of hydrogen-bond donors (Lipinski definition) is 2. The van der Waals surface area contributed by atoms with Gasteiger partial charge in [0.05, 0.1) is 23.8 Å². The number of aromatic amines is 1. The summed E-state index contributed by atoms with van der Waals surface area (Å²) in [5.74, 6) is 0.0960. The molecule has 5 heteroatoms. The van der Waals surface area contributed by atoms with Crippen molar-refractivity contribution in [3.8, 4) is 0 Å². The van der Waals surface area contributed by atoms with Crippen LogP contribution >= 0.6 is 0 Å². The van der Waals surface area contributed by atoms with E-state index in [4.69, 9.17) is 0 Å². The zero-order valence-electron chi connectivity index (χ0n) is 12.6. The molecule has 0 aromatic carbocycles. The summed E-state index contributed by atoms with van der Waals surface area (Å²) in [6, 6.07) is 2.05. The number of hydrogen-bond acceptors (Lipinski definition) is 3. The number of amides is 1. The van der Waals surface area contributed by atoms with Crippen molar-refractivity contribution in [3.63, 3.8) is 0 Å². The molecule has 0 spiro atoms. The summed E-state index contributed by atoms with van der Waals surface area (Å²) in [6.45, 7) is 0.790. The zero-order valence-corrected chi connectivity index (χ0v) is 12.6. The third kappa shape index (κ3) is 3.28. The minimum atomic E-state index is -0.773. The SMILES string of the molecule is O=C(CC1(O)CCCCC1)N1CCCCC1c1ccn[nH]1. The van der Waals surface area contributed by atoms with Gasteiger partial charge in [-0.3, -0.25) is 9.89 Å². The van der Waals surface area contributed by atoms with Gasteiger partial charge in [-0.2, -0.15) is 5.10 Å². The first kappa shape index (κ1) is 14.6. The van der Waals surface area contributed by atoms with E-state index in [1.807, 2.05) is 11.0 Å². The van der Waals surface area contributed by atoms with Crippen molar-refractivity contribution in [3.05, 3.63) is 18.0 Å². The molecule has 1 saturated heterocycles. The number of piperidine rings is 1. The number of nitrogens with zero attached hydrogens (tertiary/aromatic N) is 2. The Hall–Kier alpha value is -1.36. The summed E-state index contributed by atoms with van der Waals surface area (Å²) in [5.41, 5.74) is 0.240. The second-order valence-corrected chi connectivity index (χ2v) is 6.57. The van der Waals surface area contributed by atoms with E-state index in [1.54, 1.807) is 6.20 Å². The first-order valence-corrected chi connectivity index (χ1v) is 8.19. The molecule has 0 radical (unpaired) electrons. The number of H-pyrrole nitrogens is 1. The number of carbonyl (C=O) groups excluding carboxylic acids is 1. The maximum atomic E-state index is 12.7. The number of nitrogens with one attached hydrogen (secondary N) is 1. The van der Waals surface area contributed by atoms with E-state index in [0.29, 0.717) is 0 Å². The molecule has 2 fully saturated rings. The first-order valence-electron chi connectivity index (χ1n) is 8.19. The smallest absolute Gasteiger partial charge is 0.226 e. The van der Waals surface area contributed by atoms with E-state index < -0.39 is 5.60 Å². The van der Waals surface area contributed by atoms with Gasteiger partial charge < -0.3 is 10.0 Å². The summed E-state index contributed by atoms with van der Waals surface area (Å²) in [7, 11) is 0. The van der Waals surface area contributed by atoms with Crippen LogP contribution in [0.4, 0.5) is 0 Å². The van der Waals surface area contributed by atoms with Crippen molar-refractivity contribution in [2.75, 3.05) is 6.54 Å². The van der Waals surface area contributed by atoms with Gasteiger partial charge in [-0.25, -0.2) is 0 Å². The fourth-order valence-corrected chi connectivity index (χ4v) is 3.78. The highest BCUT2D eigenvalue weighted by Crippen LogP contribution is 2.35. The van der Waals surface area contributed by atoms with Crippen molar-refractivity contribution < 1.29 is 9.90 Å². The van der Waals surface area contributed by atoms with E-state index in [1.165, 1.54) is 6.42 Å². The summed E-state index contributed by atoms with van der Waals surface area (Å²) in [5, 5.41) is 17.6. The monoisotopic (exact) mass is 291 g/mol. The molecule has 1 aromatic rings. The molecule has 1 saturated carbocycles. The third-order valence-corrected chi connectivity index (χ3v) is 4.97. The van der Waals surface area contributed by atoms with Crippen LogP contribution in [0.3, 0.4) is 0 Å². The first-order chi connectivity index (χ1) is 10.2. The number of rotatable bonds is 3. The number of aliphatic hydroxyl groups is 1. The molecule has 1 atom stereocenters. The van der Waals surface area contributed by atoms with Gasteiger partial charge in [0.15, 0.2) is 0 Å². The van der Waals surface area contributed by atoms with Gasteiger partial charge in [0.25, 0.3) is 0 Å². The number of carbonyl (C=O) groups is 1. The van der Waals surface area contributed by atoms with Crippen LogP contribution < -0.4 is 0 Å². The third-order valence-electron chi connectivity index (χ3n) is 4.97. The molecule has 21 heavy (non-hydrogen) atoms. The Balaban J connectivity index is 1.69. The molecule has 1 aromatic heterocycles. The van der Waals surface area contributed by atoms with Crippen molar-refractivity contribution in [1.82, 2.24) is 15.1 Å². The maximum Gasteiger partial charge on any atom is 0.226 e. The largest absolute Gasteiger partial charge is 0.389 e. The van der Waals surface area contributed by atoms with Gasteiger partial charge in [0, 0.05) is 12.7 Å². The van der Waals surface area contributed by atoms with Gasteiger partial charge in [-0.1, -0.05) is 19.3 Å². The molecule has 2 heterocycles. The lowest BCUT2D eigenvalue weighted by Crippen LogP contribution is -2.44. The molecule has 1 aliphatic carbocycles. The Bertz CT molecular complexity index is 466. The second kappa shape index (κ2) is 6.18. The molecule has 3 rings (SSSR count). The average molecular weight is 291 g/mol. The predicted molar refractivity (Wildman–Crippen MR) is 79.5 cm³/mol. The van der Waals surface area contributed by atoms with Gasteiger partial charge in [0.2, 0.25) is 5.91 Å². The lowest BCUT2D eigenvalue weighted by atomic mass is 9.82. The van der Waals surface area contributed by atoms with Crippen LogP contribution in [0, 0.1) is 0 Å². The molecular weight excluding hydrogens is 266 g/mol. The molecule has 2 N–H and O–H groups in total. The van der Waals surface area contributed by atoms with E-state index in [9.17, 15) is 9.90 Å². The second-order valence-electron chi connectivity index (χ2n) is 6.57. The Labute approximate surface area is 125 Å². The summed E-state index contributed by atoms with van der Waals surface area (Å²) in [6.07, 6.45) is 9.96. The fourth-order valence-electron chi connectivity index (χ4n) is 3.78. The molecule has 1 unspecified atom stereocenters. The summed E-state index contributed by atoms with van der Waals surface area (Å²) >= 11 is 0. The maximum absolute atomic E-state index is 12.7. The Morgan fingerprint density at radius 3 is 2.86 bits per heavy atom. The molecule has 1 aliphatic heterocycles. The Morgan fingerprint density at radius 2 is 2.14 bits per heavy atom. The molecule has 1 amide bonds. The molecule has 5 nitrogen and oxygen atoms in total. The molecule has 0 bridgehead atoms. The highest BCUT2D eigenvalue weighted by Gasteiger charge is 2.36. The van der Waals surface area contributed by atoms with E-state index in [0.717, 1.165) is 57.2 Å². The minimum absolute atomic E-state index is 0.0960. The molecule has 2 aliphatic rings. The van der Waals surface area contributed by atoms with E-state index >= 15 is 0 Å². The highest BCUT2D eigenvalue weighted by molar-refractivity contribution is 5.78. The van der Waals surface area contributed by atoms with Crippen LogP contribution in [0.2, 0.25) is 0 Å². The van der Waals surface area contributed by atoms with Crippen LogP contribution in [0.5, 0.6) is 0 Å². The van der Waals surface area contributed by atoms with Crippen LogP contribution in [0.15, 0.2) is 12.3 Å². The van der Waals surface area contributed by atoms with Gasteiger partial charge in [-0.15, -0.1) is 0 Å². The zero-order chi connectivity index (χ0) is 14.7. The van der Waals surface area contributed by atoms with Crippen molar-refractivity contribution in [2.45, 2.75) is 69.4 Å². The predicted octanol–water partition coefficient (Wildman–Crippen LogP) is 2.55. The number of aromatic nitrogens is 2. The van der Waals surface area contributed by atoms with Crippen molar-refractivity contribution in [1.29, 1.82) is 0 Å². The lowest BCUT2D eigenvalue weighted by molar-refractivity contribution is -0.141. The van der Waals surface area contributed by atoms with E-state index in [2.05, 4.69) is 10.2 Å². The van der Waals surface area contributed by atoms with Crippen molar-refractivity contribution in [2.24, 2.45) is 0 Å². The molecule has 116 valence electrons. The van der Waals surface area contributed by atoms with Crippen molar-refractivity contribution >= 4 is 5.91 Å². The van der Waals surface area contributed by atoms with Crippen LogP contribution in [0.1, 0.15) is 69.5 Å². The van der Waals surface area contributed by atoms with Gasteiger partial charge >= 0.3 is 0 Å². The lowest BCUT2D eigenvalue weighted by Gasteiger charge is -2.38. The topological polar surface area (TPSA) is 69.2 Å². The standard InChI is InChI=1S/C16H25N3O2/c20-15(12-16(21)8-3-1-4-9-16)19-11-5-2-6-14(19)13-7-10-17-18-13/h7,10,14,21H,1-6,8-9,11-12H2,(H,17,18). The molecular formula is C16H25N3O2. The van der Waals surface area contributed by atoms with Crippen LogP contribution in [0.25, 0.3) is 0 Å². The summed E-state index contributed by atoms with van der Waals surface area (Å²) < 4.78 is 0. The van der Waals surface area contributed by atoms with Crippen LogP contribution in [-0.2, 0) is 4.79 Å². The Kier molecular flexibility index (Phi) is 4.29. The van der Waals surface area contributed by atoms with E-state index in [-0.39, 0.29) is 18.4 Å². The number of likely N-dealkylation sites (tertiary alicyclic amines) is 1. The quantitative estimate of drug-likeness (QED) is 0.899. The minimum Gasteiger partial charge on any atom is -0.389 e. The normalized spacial score (nSPS) is 25.8. The summed E-state index contributed by atoms with van der Waals surface area (Å²) in [4.78, 5) is 14.7. The highest BCUT2D eigenvalue weighted by atomic mass is 16.3. The Morgan fingerprint density at radius 1 is 1.33 bits per heavy atom. The average Bonchev–Trinajstić information content (AvgIpc) is 3.01. The van der Waals surface area contributed by atoms with Gasteiger partial charge in [-0.05, 0) is 38.2 Å².